The van der Waals surface area contributed by atoms with Gasteiger partial charge in [-0.3, -0.25) is 4.57 Å². The Bertz CT molecular complexity index is 669. The summed E-state index contributed by atoms with van der Waals surface area (Å²) < 4.78 is 11.2. The van der Waals surface area contributed by atoms with Gasteiger partial charge in [0.05, 0.1) is 6.16 Å². The van der Waals surface area contributed by atoms with Crippen molar-refractivity contribution >= 4 is 30.6 Å². The van der Waals surface area contributed by atoms with Gasteiger partial charge in [-0.15, -0.1) is 0 Å². The molecule has 3 N–H and O–H groups in total. The molecule has 0 unspecified atom stereocenters. The topological polar surface area (TPSA) is 69.6 Å². The summed E-state index contributed by atoms with van der Waals surface area (Å²) in [5.41, 5.74) is 2.94. The molecule has 0 aliphatic heterocycles. The van der Waals surface area contributed by atoms with Crippen LogP contribution in [0.15, 0.2) is 42.5 Å². The van der Waals surface area contributed by atoms with E-state index >= 15 is 0 Å². The number of para-hydroxylation sites is 1. The van der Waals surface area contributed by atoms with E-state index in [2.05, 4.69) is 5.32 Å². The van der Waals surface area contributed by atoms with Crippen molar-refractivity contribution in [3.05, 3.63) is 58.6 Å². The van der Waals surface area contributed by atoms with Crippen LogP contribution in [0.2, 0.25) is 5.02 Å². The normalized spacial score (nSPS) is 11.4. The van der Waals surface area contributed by atoms with Crippen molar-refractivity contribution in [2.75, 3.05) is 5.32 Å². The Morgan fingerprint density at radius 2 is 1.75 bits per heavy atom. The van der Waals surface area contributed by atoms with Crippen LogP contribution in [0.3, 0.4) is 0 Å². The third-order valence-electron chi connectivity index (χ3n) is 2.93. The van der Waals surface area contributed by atoms with Gasteiger partial charge in [0.25, 0.3) is 0 Å². The van der Waals surface area contributed by atoms with E-state index in [1.54, 1.807) is 24.3 Å². The highest BCUT2D eigenvalue weighted by molar-refractivity contribution is 7.50. The van der Waals surface area contributed by atoms with E-state index < -0.39 is 7.60 Å². The molecule has 20 heavy (non-hydrogen) atoms. The summed E-state index contributed by atoms with van der Waals surface area (Å²) in [4.78, 5) is 18.2. The maximum Gasteiger partial charge on any atom is 0.329 e. The summed E-state index contributed by atoms with van der Waals surface area (Å²) in [6, 6.07) is 12.5. The van der Waals surface area contributed by atoms with Crippen LogP contribution in [0.1, 0.15) is 11.1 Å². The Labute approximate surface area is 122 Å². The Morgan fingerprint density at radius 3 is 2.45 bits per heavy atom. The lowest BCUT2D eigenvalue weighted by Gasteiger charge is -2.15. The minimum atomic E-state index is -4.11. The molecule has 2 rings (SSSR count). The van der Waals surface area contributed by atoms with Crippen LogP contribution >= 0.6 is 19.2 Å². The quantitative estimate of drug-likeness (QED) is 0.744. The second-order valence-corrected chi connectivity index (χ2v) is 6.57. The first-order valence-corrected chi connectivity index (χ1v) is 8.19. The van der Waals surface area contributed by atoms with E-state index in [4.69, 9.17) is 21.4 Å². The second-order valence-electron chi connectivity index (χ2n) is 4.52. The lowest BCUT2D eigenvalue weighted by atomic mass is 10.1. The zero-order valence-electron chi connectivity index (χ0n) is 10.9. The van der Waals surface area contributed by atoms with Gasteiger partial charge in [0.1, 0.15) is 0 Å². The predicted molar refractivity (Wildman–Crippen MR) is 81.7 cm³/mol. The maximum absolute atomic E-state index is 11.2. The molecule has 2 aromatic carbocycles. The number of hydrogen-bond donors (Lipinski definition) is 3. The van der Waals surface area contributed by atoms with E-state index in [0.717, 1.165) is 11.3 Å². The van der Waals surface area contributed by atoms with Gasteiger partial charge in [-0.2, -0.15) is 0 Å². The molecule has 0 aromatic heterocycles. The van der Waals surface area contributed by atoms with Gasteiger partial charge >= 0.3 is 7.60 Å². The van der Waals surface area contributed by atoms with E-state index in [1.807, 2.05) is 25.1 Å². The Balaban J connectivity index is 2.34. The average Bonchev–Trinajstić information content (AvgIpc) is 2.35. The molecule has 0 bridgehead atoms. The molecule has 0 atom stereocenters. The summed E-state index contributed by atoms with van der Waals surface area (Å²) in [6.45, 7) is 1.89. The minimum absolute atomic E-state index is 0.296. The molecule has 0 spiro atoms. The van der Waals surface area contributed by atoms with Crippen LogP contribution in [0, 0.1) is 6.92 Å². The molecular weight excluding hydrogens is 297 g/mol. The standard InChI is InChI=1S/C14H15ClNO3P/c1-10-12(15)6-4-8-13(10)16-14-7-3-2-5-11(14)9-20(17,18)19/h2-8,16H,9H2,1H3,(H2,17,18,19). The molecule has 0 saturated heterocycles. The van der Waals surface area contributed by atoms with Crippen LogP contribution in [-0.4, -0.2) is 9.79 Å². The minimum Gasteiger partial charge on any atom is -0.355 e. The SMILES string of the molecule is Cc1c(Cl)cccc1Nc1ccccc1CP(=O)(O)O. The number of anilines is 2. The lowest BCUT2D eigenvalue weighted by molar-refractivity contribution is 0.372. The molecule has 6 heteroatoms. The molecule has 0 heterocycles. The van der Waals surface area contributed by atoms with Gasteiger partial charge < -0.3 is 15.1 Å². The monoisotopic (exact) mass is 311 g/mol. The summed E-state index contributed by atoms with van der Waals surface area (Å²) >= 11 is 6.06. The third-order valence-corrected chi connectivity index (χ3v) is 4.09. The third kappa shape index (κ3) is 3.84. The number of rotatable bonds is 4. The van der Waals surface area contributed by atoms with E-state index in [0.29, 0.717) is 16.3 Å². The summed E-state index contributed by atoms with van der Waals surface area (Å²) in [6.07, 6.45) is -0.296. The van der Waals surface area contributed by atoms with E-state index in [1.165, 1.54) is 0 Å². The van der Waals surface area contributed by atoms with Crippen molar-refractivity contribution in [3.8, 4) is 0 Å². The molecule has 0 aliphatic carbocycles. The van der Waals surface area contributed by atoms with Gasteiger partial charge in [-0.1, -0.05) is 35.9 Å². The van der Waals surface area contributed by atoms with Crippen molar-refractivity contribution in [2.45, 2.75) is 13.1 Å². The van der Waals surface area contributed by atoms with Crippen LogP contribution in [0.4, 0.5) is 11.4 Å². The van der Waals surface area contributed by atoms with Crippen LogP contribution < -0.4 is 5.32 Å². The lowest BCUT2D eigenvalue weighted by Crippen LogP contribution is -1.98. The fraction of sp³-hybridized carbons (Fsp3) is 0.143. The molecule has 0 radical (unpaired) electrons. The first-order valence-electron chi connectivity index (χ1n) is 6.01. The van der Waals surface area contributed by atoms with Gasteiger partial charge in [0.2, 0.25) is 0 Å². The van der Waals surface area contributed by atoms with Gasteiger partial charge in [0.15, 0.2) is 0 Å². The molecule has 0 saturated carbocycles. The van der Waals surface area contributed by atoms with Crippen molar-refractivity contribution in [1.82, 2.24) is 0 Å². The fourth-order valence-corrected chi connectivity index (χ4v) is 2.78. The highest BCUT2D eigenvalue weighted by atomic mass is 35.5. The summed E-state index contributed by atoms with van der Waals surface area (Å²) in [5, 5.41) is 3.82. The van der Waals surface area contributed by atoms with Crippen molar-refractivity contribution < 1.29 is 14.4 Å². The largest absolute Gasteiger partial charge is 0.355 e. The fourth-order valence-electron chi connectivity index (χ4n) is 1.89. The molecule has 0 amide bonds. The van der Waals surface area contributed by atoms with Crippen LogP contribution in [0.5, 0.6) is 0 Å². The Morgan fingerprint density at radius 1 is 1.10 bits per heavy atom. The highest BCUT2D eigenvalue weighted by Gasteiger charge is 2.16. The Kier molecular flexibility index (Phi) is 4.51. The highest BCUT2D eigenvalue weighted by Crippen LogP contribution is 2.41. The number of halogens is 1. The van der Waals surface area contributed by atoms with Gasteiger partial charge in [-0.25, -0.2) is 0 Å². The van der Waals surface area contributed by atoms with Crippen LogP contribution in [-0.2, 0) is 10.7 Å². The molecule has 2 aromatic rings. The maximum atomic E-state index is 11.2. The Hall–Kier alpha value is -1.32. The summed E-state index contributed by atoms with van der Waals surface area (Å²) in [5.74, 6) is 0. The first kappa shape index (κ1) is 15.1. The predicted octanol–water partition coefficient (Wildman–Crippen LogP) is 4.07. The van der Waals surface area contributed by atoms with Crippen molar-refractivity contribution in [1.29, 1.82) is 0 Å². The first-order chi connectivity index (χ1) is 9.37. The number of hydrogen-bond acceptors (Lipinski definition) is 2. The second kappa shape index (κ2) is 5.98. The number of benzene rings is 2. The molecule has 106 valence electrons. The van der Waals surface area contributed by atoms with Crippen LogP contribution in [0.25, 0.3) is 0 Å². The number of nitrogens with one attached hydrogen (secondary N) is 1. The summed E-state index contributed by atoms with van der Waals surface area (Å²) in [7, 11) is -4.11. The van der Waals surface area contributed by atoms with Crippen molar-refractivity contribution in [3.63, 3.8) is 0 Å². The molecular formula is C14H15ClNO3P. The molecule has 4 nitrogen and oxygen atoms in total. The van der Waals surface area contributed by atoms with E-state index in [-0.39, 0.29) is 6.16 Å². The van der Waals surface area contributed by atoms with Gasteiger partial charge in [0, 0.05) is 16.4 Å². The molecule has 0 fully saturated rings. The molecule has 0 aliphatic rings. The average molecular weight is 312 g/mol. The smallest absolute Gasteiger partial charge is 0.329 e. The zero-order valence-corrected chi connectivity index (χ0v) is 12.5. The zero-order chi connectivity index (χ0) is 14.8. The van der Waals surface area contributed by atoms with Gasteiger partial charge in [-0.05, 0) is 36.2 Å². The van der Waals surface area contributed by atoms with E-state index in [9.17, 15) is 4.57 Å². The van der Waals surface area contributed by atoms with Crippen molar-refractivity contribution in [2.24, 2.45) is 0 Å².